The minimum atomic E-state index is -0.752. The molecule has 100 valence electrons. The van der Waals surface area contributed by atoms with Crippen molar-refractivity contribution in [1.29, 1.82) is 0 Å². The minimum absolute atomic E-state index is 0.00588. The van der Waals surface area contributed by atoms with Crippen LogP contribution >= 0.6 is 0 Å². The van der Waals surface area contributed by atoms with Crippen molar-refractivity contribution < 1.29 is 14.7 Å². The number of hydrogen-bond donors (Lipinski definition) is 3. The van der Waals surface area contributed by atoms with Gasteiger partial charge in [-0.2, -0.15) is 0 Å². The summed E-state index contributed by atoms with van der Waals surface area (Å²) < 4.78 is 0. The Morgan fingerprint density at radius 1 is 1.53 bits per heavy atom. The van der Waals surface area contributed by atoms with Crippen LogP contribution in [0.15, 0.2) is 18.3 Å². The Labute approximate surface area is 111 Å². The van der Waals surface area contributed by atoms with Gasteiger partial charge in [-0.05, 0) is 19.1 Å². The SMILES string of the molecule is CC(NC(=O)c1ccc(C#CCCO)cn1)C(N)=O. The normalized spacial score (nSPS) is 11.1. The molecule has 1 unspecified atom stereocenters. The molecule has 0 radical (unpaired) electrons. The average Bonchev–Trinajstić information content (AvgIpc) is 2.39. The van der Waals surface area contributed by atoms with Crippen LogP contribution in [0.4, 0.5) is 0 Å². The molecule has 6 heteroatoms. The van der Waals surface area contributed by atoms with Gasteiger partial charge in [0.1, 0.15) is 11.7 Å². The Hall–Kier alpha value is -2.39. The second kappa shape index (κ2) is 7.13. The minimum Gasteiger partial charge on any atom is -0.395 e. The van der Waals surface area contributed by atoms with Gasteiger partial charge in [-0.15, -0.1) is 0 Å². The van der Waals surface area contributed by atoms with Gasteiger partial charge < -0.3 is 16.2 Å². The summed E-state index contributed by atoms with van der Waals surface area (Å²) in [5, 5.41) is 11.0. The zero-order valence-electron chi connectivity index (χ0n) is 10.5. The van der Waals surface area contributed by atoms with Crippen LogP contribution in [0.25, 0.3) is 0 Å². The highest BCUT2D eigenvalue weighted by atomic mass is 16.2. The van der Waals surface area contributed by atoms with Crippen molar-refractivity contribution in [3.63, 3.8) is 0 Å². The molecule has 0 saturated carbocycles. The lowest BCUT2D eigenvalue weighted by Crippen LogP contribution is -2.42. The molecule has 4 N–H and O–H groups in total. The third-order valence-electron chi connectivity index (χ3n) is 2.24. The summed E-state index contributed by atoms with van der Waals surface area (Å²) >= 11 is 0. The van der Waals surface area contributed by atoms with E-state index >= 15 is 0 Å². The molecule has 1 atom stereocenters. The van der Waals surface area contributed by atoms with Gasteiger partial charge in [0, 0.05) is 18.2 Å². The topological polar surface area (TPSA) is 105 Å². The number of hydrogen-bond acceptors (Lipinski definition) is 4. The van der Waals surface area contributed by atoms with Gasteiger partial charge >= 0.3 is 0 Å². The van der Waals surface area contributed by atoms with Crippen molar-refractivity contribution in [2.24, 2.45) is 5.73 Å². The van der Waals surface area contributed by atoms with Gasteiger partial charge in [0.05, 0.1) is 6.61 Å². The maximum atomic E-state index is 11.7. The number of rotatable bonds is 4. The van der Waals surface area contributed by atoms with E-state index in [2.05, 4.69) is 22.1 Å². The zero-order chi connectivity index (χ0) is 14.3. The van der Waals surface area contributed by atoms with Crippen LogP contribution in [0.5, 0.6) is 0 Å². The Morgan fingerprint density at radius 2 is 2.26 bits per heavy atom. The quantitative estimate of drug-likeness (QED) is 0.630. The van der Waals surface area contributed by atoms with Gasteiger partial charge in [-0.25, -0.2) is 4.98 Å². The molecule has 0 aromatic carbocycles. The molecular formula is C13H15N3O3. The number of aliphatic hydroxyl groups excluding tert-OH is 1. The summed E-state index contributed by atoms with van der Waals surface area (Å²) in [6, 6.07) is 2.39. The fraction of sp³-hybridized carbons (Fsp3) is 0.308. The number of pyridine rings is 1. The molecule has 1 aromatic rings. The largest absolute Gasteiger partial charge is 0.395 e. The number of primary amides is 1. The van der Waals surface area contributed by atoms with Crippen LogP contribution in [-0.2, 0) is 4.79 Å². The highest BCUT2D eigenvalue weighted by Crippen LogP contribution is 1.99. The smallest absolute Gasteiger partial charge is 0.270 e. The van der Waals surface area contributed by atoms with E-state index < -0.39 is 17.9 Å². The molecule has 0 aliphatic carbocycles. The van der Waals surface area contributed by atoms with Crippen molar-refractivity contribution >= 4 is 11.8 Å². The van der Waals surface area contributed by atoms with Gasteiger partial charge in [-0.3, -0.25) is 9.59 Å². The first-order chi connectivity index (χ1) is 9.04. The second-order valence-corrected chi connectivity index (χ2v) is 3.81. The third kappa shape index (κ3) is 4.77. The number of amides is 2. The Bertz CT molecular complexity index is 514. The van der Waals surface area contributed by atoms with Crippen LogP contribution in [-0.4, -0.2) is 34.6 Å². The second-order valence-electron chi connectivity index (χ2n) is 3.81. The number of nitrogens with one attached hydrogen (secondary N) is 1. The number of aliphatic hydroxyl groups is 1. The molecule has 0 aliphatic heterocycles. The number of carbonyl (C=O) groups excluding carboxylic acids is 2. The number of carbonyl (C=O) groups is 2. The van der Waals surface area contributed by atoms with E-state index in [1.807, 2.05) is 0 Å². The third-order valence-corrected chi connectivity index (χ3v) is 2.24. The van der Waals surface area contributed by atoms with Crippen molar-refractivity contribution in [3.05, 3.63) is 29.6 Å². The molecule has 0 spiro atoms. The monoisotopic (exact) mass is 261 g/mol. The first-order valence-electron chi connectivity index (χ1n) is 5.70. The predicted octanol–water partition coefficient (Wildman–Crippen LogP) is -0.581. The molecule has 2 amide bonds. The molecule has 0 saturated heterocycles. The van der Waals surface area contributed by atoms with Gasteiger partial charge in [0.2, 0.25) is 5.91 Å². The number of nitrogens with two attached hydrogens (primary N) is 1. The van der Waals surface area contributed by atoms with Crippen molar-refractivity contribution in [2.45, 2.75) is 19.4 Å². The van der Waals surface area contributed by atoms with E-state index in [4.69, 9.17) is 10.8 Å². The predicted molar refractivity (Wildman–Crippen MR) is 68.9 cm³/mol. The molecule has 0 fully saturated rings. The van der Waals surface area contributed by atoms with Crippen LogP contribution in [0.3, 0.4) is 0 Å². The van der Waals surface area contributed by atoms with Gasteiger partial charge in [-0.1, -0.05) is 11.8 Å². The first-order valence-corrected chi connectivity index (χ1v) is 5.70. The summed E-state index contributed by atoms with van der Waals surface area (Å²) in [5.74, 6) is 4.46. The molecule has 1 heterocycles. The van der Waals surface area contributed by atoms with Crippen molar-refractivity contribution in [2.75, 3.05) is 6.61 Å². The molecule has 19 heavy (non-hydrogen) atoms. The van der Waals surface area contributed by atoms with Gasteiger partial charge in [0.15, 0.2) is 0 Å². The van der Waals surface area contributed by atoms with Crippen LogP contribution < -0.4 is 11.1 Å². The number of nitrogens with zero attached hydrogens (tertiary/aromatic N) is 1. The average molecular weight is 261 g/mol. The molecule has 6 nitrogen and oxygen atoms in total. The maximum Gasteiger partial charge on any atom is 0.270 e. The van der Waals surface area contributed by atoms with E-state index in [-0.39, 0.29) is 12.3 Å². The lowest BCUT2D eigenvalue weighted by molar-refractivity contribution is -0.119. The summed E-state index contributed by atoms with van der Waals surface area (Å²) in [6.45, 7) is 1.50. The lowest BCUT2D eigenvalue weighted by Gasteiger charge is -2.09. The van der Waals surface area contributed by atoms with Crippen molar-refractivity contribution in [1.82, 2.24) is 10.3 Å². The van der Waals surface area contributed by atoms with E-state index in [1.54, 1.807) is 6.07 Å². The first kappa shape index (κ1) is 14.7. The lowest BCUT2D eigenvalue weighted by atomic mass is 10.2. The zero-order valence-corrected chi connectivity index (χ0v) is 10.5. The van der Waals surface area contributed by atoms with E-state index in [0.29, 0.717) is 12.0 Å². The molecule has 1 rings (SSSR count). The fourth-order valence-electron chi connectivity index (χ4n) is 1.16. The van der Waals surface area contributed by atoms with E-state index in [9.17, 15) is 9.59 Å². The highest BCUT2D eigenvalue weighted by molar-refractivity contribution is 5.95. The highest BCUT2D eigenvalue weighted by Gasteiger charge is 2.14. The summed E-state index contributed by atoms with van der Waals surface area (Å²) in [6.07, 6.45) is 1.84. The summed E-state index contributed by atoms with van der Waals surface area (Å²) in [7, 11) is 0. The van der Waals surface area contributed by atoms with Crippen LogP contribution in [0.1, 0.15) is 29.4 Å². The fourth-order valence-corrected chi connectivity index (χ4v) is 1.16. The van der Waals surface area contributed by atoms with E-state index in [1.165, 1.54) is 19.2 Å². The summed E-state index contributed by atoms with van der Waals surface area (Å²) in [5.41, 5.74) is 5.87. The van der Waals surface area contributed by atoms with Gasteiger partial charge in [0.25, 0.3) is 5.91 Å². The van der Waals surface area contributed by atoms with Crippen LogP contribution in [0, 0.1) is 11.8 Å². The molecule has 0 aliphatic rings. The molecule has 1 aromatic heterocycles. The Morgan fingerprint density at radius 3 is 2.79 bits per heavy atom. The van der Waals surface area contributed by atoms with Crippen molar-refractivity contribution in [3.8, 4) is 11.8 Å². The Kier molecular flexibility index (Phi) is 5.51. The standard InChI is InChI=1S/C13H15N3O3/c1-9(12(14)18)16-13(19)11-6-5-10(8-15-11)4-2-3-7-17/h5-6,8-9,17H,3,7H2,1H3,(H2,14,18)(H,16,19). The Balaban J connectivity index is 2.69. The summed E-state index contributed by atoms with van der Waals surface area (Å²) in [4.78, 5) is 26.4. The molecule has 0 bridgehead atoms. The van der Waals surface area contributed by atoms with E-state index in [0.717, 1.165) is 0 Å². The molecular weight excluding hydrogens is 246 g/mol. The number of aromatic nitrogens is 1. The maximum absolute atomic E-state index is 11.7. The van der Waals surface area contributed by atoms with Crippen LogP contribution in [0.2, 0.25) is 0 Å².